The molecule has 3 rings (SSSR count). The van der Waals surface area contributed by atoms with Gasteiger partial charge in [0.15, 0.2) is 0 Å². The van der Waals surface area contributed by atoms with E-state index in [1.165, 1.54) is 5.56 Å². The molecule has 1 aromatic carbocycles. The largest absolute Gasteiger partial charge is 0.492 e. The fourth-order valence-corrected chi connectivity index (χ4v) is 3.62. The maximum absolute atomic E-state index is 6.01. The summed E-state index contributed by atoms with van der Waals surface area (Å²) in [4.78, 5) is 2.53. The normalized spacial score (nSPS) is 33.3. The molecule has 21 heavy (non-hydrogen) atoms. The molecule has 1 aromatic rings. The molecule has 2 heterocycles. The van der Waals surface area contributed by atoms with E-state index in [1.807, 2.05) is 6.07 Å². The average molecular weight is 290 g/mol. The van der Waals surface area contributed by atoms with Gasteiger partial charge < -0.3 is 14.8 Å². The molecule has 0 amide bonds. The average Bonchev–Trinajstić information content (AvgIpc) is 2.47. The van der Waals surface area contributed by atoms with Gasteiger partial charge in [0, 0.05) is 18.7 Å². The number of hydrogen-bond acceptors (Lipinski definition) is 4. The van der Waals surface area contributed by atoms with Crippen LogP contribution in [0, 0.1) is 0 Å². The minimum absolute atomic E-state index is 0.285. The molecule has 0 bridgehead atoms. The van der Waals surface area contributed by atoms with Crippen LogP contribution in [-0.4, -0.2) is 49.4 Å². The van der Waals surface area contributed by atoms with Gasteiger partial charge in [0.1, 0.15) is 12.4 Å². The molecule has 4 unspecified atom stereocenters. The second-order valence-electron chi connectivity index (χ2n) is 6.16. The lowest BCUT2D eigenvalue weighted by Gasteiger charge is -2.45. The summed E-state index contributed by atoms with van der Waals surface area (Å²) in [6.07, 6.45) is 0.571. The molecule has 0 saturated carbocycles. The Hall–Kier alpha value is -1.10. The Labute approximate surface area is 127 Å². The summed E-state index contributed by atoms with van der Waals surface area (Å²) in [6.45, 7) is 10.1. The summed E-state index contributed by atoms with van der Waals surface area (Å²) in [5, 5.41) is 3.66. The number of rotatable bonds is 3. The fourth-order valence-electron chi connectivity index (χ4n) is 3.62. The van der Waals surface area contributed by atoms with Gasteiger partial charge in [0.05, 0.1) is 24.3 Å². The van der Waals surface area contributed by atoms with E-state index in [4.69, 9.17) is 9.47 Å². The molecule has 4 heteroatoms. The first-order valence-electron chi connectivity index (χ1n) is 8.03. The second-order valence-corrected chi connectivity index (χ2v) is 6.16. The maximum Gasteiger partial charge on any atom is 0.124 e. The molecular weight excluding hydrogens is 264 g/mol. The van der Waals surface area contributed by atoms with Crippen molar-refractivity contribution in [2.24, 2.45) is 0 Å². The van der Waals surface area contributed by atoms with E-state index in [-0.39, 0.29) is 12.2 Å². The summed E-state index contributed by atoms with van der Waals surface area (Å²) in [6, 6.07) is 9.09. The third-order valence-electron chi connectivity index (χ3n) is 4.39. The highest BCUT2D eigenvalue weighted by Crippen LogP contribution is 2.35. The fraction of sp³-hybridized carbons (Fsp3) is 0.647. The van der Waals surface area contributed by atoms with E-state index in [0.29, 0.717) is 12.1 Å². The summed E-state index contributed by atoms with van der Waals surface area (Å²) in [5.74, 6) is 1.02. The first kappa shape index (κ1) is 14.8. The van der Waals surface area contributed by atoms with Crippen molar-refractivity contribution in [1.29, 1.82) is 0 Å². The zero-order chi connectivity index (χ0) is 14.8. The van der Waals surface area contributed by atoms with E-state index < -0.39 is 0 Å². The predicted octanol–water partition coefficient (Wildman–Crippen LogP) is 2.21. The minimum atomic E-state index is 0.285. The Balaban J connectivity index is 1.84. The number of ether oxygens (including phenoxy) is 2. The topological polar surface area (TPSA) is 33.7 Å². The van der Waals surface area contributed by atoms with Gasteiger partial charge in [-0.25, -0.2) is 0 Å². The SMILES string of the molecule is CCNC1c2ccccc2OCC1N1CC(C)OC(C)C1. The van der Waals surface area contributed by atoms with Crippen LogP contribution >= 0.6 is 0 Å². The highest BCUT2D eigenvalue weighted by molar-refractivity contribution is 5.38. The molecule has 1 N–H and O–H groups in total. The van der Waals surface area contributed by atoms with E-state index in [0.717, 1.165) is 32.0 Å². The standard InChI is InChI=1S/C17H26N2O2/c1-4-18-17-14-7-5-6-8-16(14)20-11-15(17)19-9-12(2)21-13(3)10-19/h5-8,12-13,15,17-18H,4,9-11H2,1-3H3. The molecular formula is C17H26N2O2. The predicted molar refractivity (Wildman–Crippen MR) is 83.7 cm³/mol. The van der Waals surface area contributed by atoms with Crippen molar-refractivity contribution in [3.8, 4) is 5.75 Å². The number of benzene rings is 1. The van der Waals surface area contributed by atoms with Crippen LogP contribution in [0.15, 0.2) is 24.3 Å². The van der Waals surface area contributed by atoms with E-state index in [9.17, 15) is 0 Å². The van der Waals surface area contributed by atoms with Crippen LogP contribution < -0.4 is 10.1 Å². The smallest absolute Gasteiger partial charge is 0.124 e. The Morgan fingerprint density at radius 3 is 2.62 bits per heavy atom. The zero-order valence-electron chi connectivity index (χ0n) is 13.2. The summed E-state index contributed by atoms with van der Waals surface area (Å²) < 4.78 is 11.9. The minimum Gasteiger partial charge on any atom is -0.492 e. The number of morpholine rings is 1. The number of nitrogens with zero attached hydrogens (tertiary/aromatic N) is 1. The third kappa shape index (κ3) is 3.07. The summed E-state index contributed by atoms with van der Waals surface area (Å²) in [7, 11) is 0. The van der Waals surface area contributed by atoms with Gasteiger partial charge in [-0.05, 0) is 26.5 Å². The second kappa shape index (κ2) is 6.34. The number of para-hydroxylation sites is 1. The monoisotopic (exact) mass is 290 g/mol. The zero-order valence-corrected chi connectivity index (χ0v) is 13.2. The van der Waals surface area contributed by atoms with Crippen molar-refractivity contribution in [3.05, 3.63) is 29.8 Å². The van der Waals surface area contributed by atoms with Gasteiger partial charge in [0.2, 0.25) is 0 Å². The van der Waals surface area contributed by atoms with Gasteiger partial charge >= 0.3 is 0 Å². The van der Waals surface area contributed by atoms with E-state index >= 15 is 0 Å². The molecule has 1 saturated heterocycles. The van der Waals surface area contributed by atoms with Crippen LogP contribution in [0.5, 0.6) is 5.75 Å². The van der Waals surface area contributed by atoms with E-state index in [1.54, 1.807) is 0 Å². The van der Waals surface area contributed by atoms with Crippen molar-refractivity contribution in [2.75, 3.05) is 26.2 Å². The van der Waals surface area contributed by atoms with Crippen LogP contribution in [0.25, 0.3) is 0 Å². The van der Waals surface area contributed by atoms with Crippen LogP contribution in [0.1, 0.15) is 32.4 Å². The van der Waals surface area contributed by atoms with Crippen molar-refractivity contribution < 1.29 is 9.47 Å². The third-order valence-corrected chi connectivity index (χ3v) is 4.39. The van der Waals surface area contributed by atoms with Gasteiger partial charge in [-0.15, -0.1) is 0 Å². The summed E-state index contributed by atoms with van der Waals surface area (Å²) in [5.41, 5.74) is 1.28. The number of nitrogens with one attached hydrogen (secondary N) is 1. The molecule has 0 aliphatic carbocycles. The Kier molecular flexibility index (Phi) is 4.48. The lowest BCUT2D eigenvalue weighted by molar-refractivity contribution is -0.0912. The van der Waals surface area contributed by atoms with Crippen LogP contribution in [-0.2, 0) is 4.74 Å². The molecule has 0 radical (unpaired) electrons. The molecule has 2 aliphatic heterocycles. The highest BCUT2D eigenvalue weighted by Gasteiger charge is 2.37. The molecule has 4 nitrogen and oxygen atoms in total. The van der Waals surface area contributed by atoms with Crippen LogP contribution in [0.2, 0.25) is 0 Å². The maximum atomic E-state index is 6.01. The van der Waals surface area contributed by atoms with Crippen LogP contribution in [0.4, 0.5) is 0 Å². The quantitative estimate of drug-likeness (QED) is 0.925. The number of hydrogen-bond donors (Lipinski definition) is 1. The van der Waals surface area contributed by atoms with Crippen molar-refractivity contribution >= 4 is 0 Å². The van der Waals surface area contributed by atoms with Crippen LogP contribution in [0.3, 0.4) is 0 Å². The number of fused-ring (bicyclic) bond motifs is 1. The molecule has 0 spiro atoms. The molecule has 0 aromatic heterocycles. The lowest BCUT2D eigenvalue weighted by atomic mass is 9.94. The first-order valence-corrected chi connectivity index (χ1v) is 8.03. The summed E-state index contributed by atoms with van der Waals surface area (Å²) >= 11 is 0. The van der Waals surface area contributed by atoms with Gasteiger partial charge in [0.25, 0.3) is 0 Å². The van der Waals surface area contributed by atoms with E-state index in [2.05, 4.69) is 49.2 Å². The molecule has 4 atom stereocenters. The van der Waals surface area contributed by atoms with Crippen molar-refractivity contribution in [3.63, 3.8) is 0 Å². The first-order chi connectivity index (χ1) is 10.2. The van der Waals surface area contributed by atoms with Gasteiger partial charge in [-0.2, -0.15) is 0 Å². The molecule has 2 aliphatic rings. The highest BCUT2D eigenvalue weighted by atomic mass is 16.5. The van der Waals surface area contributed by atoms with Crippen molar-refractivity contribution in [2.45, 2.75) is 45.1 Å². The van der Waals surface area contributed by atoms with Gasteiger partial charge in [-0.1, -0.05) is 25.1 Å². The number of likely N-dealkylation sites (N-methyl/N-ethyl adjacent to an activating group) is 1. The van der Waals surface area contributed by atoms with Crippen molar-refractivity contribution in [1.82, 2.24) is 10.2 Å². The molecule has 1 fully saturated rings. The lowest BCUT2D eigenvalue weighted by Crippen LogP contribution is -2.57. The van der Waals surface area contributed by atoms with Gasteiger partial charge in [-0.3, -0.25) is 4.90 Å². The Morgan fingerprint density at radius 1 is 1.19 bits per heavy atom. The molecule has 116 valence electrons. The Bertz CT molecular complexity index is 470. The Morgan fingerprint density at radius 2 is 1.90 bits per heavy atom.